The maximum absolute atomic E-state index is 13.7. The number of nitrogens with zero attached hydrogens (tertiary/aromatic N) is 2. The van der Waals surface area contributed by atoms with E-state index in [9.17, 15) is 4.79 Å². The number of ether oxygens (including phenoxy) is 2. The Kier molecular flexibility index (Phi) is 5.70. The van der Waals surface area contributed by atoms with Gasteiger partial charge in [-0.05, 0) is 43.3 Å². The number of methoxy groups -OCH3 is 1. The molecule has 5 rings (SSSR count). The van der Waals surface area contributed by atoms with Crippen molar-refractivity contribution in [3.63, 3.8) is 0 Å². The van der Waals surface area contributed by atoms with Crippen LogP contribution in [-0.2, 0) is 6.54 Å². The molecule has 0 aliphatic rings. The molecule has 0 bridgehead atoms. The first-order valence-electron chi connectivity index (χ1n) is 10.2. The molecule has 0 N–H and O–H groups in total. The van der Waals surface area contributed by atoms with E-state index in [1.165, 1.54) is 16.2 Å². The lowest BCUT2D eigenvalue weighted by Crippen LogP contribution is -2.29. The summed E-state index contributed by atoms with van der Waals surface area (Å²) in [7, 11) is 1.57. The van der Waals surface area contributed by atoms with Crippen molar-refractivity contribution in [3.8, 4) is 11.5 Å². The van der Waals surface area contributed by atoms with E-state index in [1.807, 2.05) is 25.1 Å². The molecule has 168 valence electrons. The molecule has 3 heterocycles. The zero-order chi connectivity index (χ0) is 22.9. The molecule has 0 spiro atoms. The van der Waals surface area contributed by atoms with Crippen molar-refractivity contribution in [1.29, 1.82) is 0 Å². The number of hydrogen-bond donors (Lipinski definition) is 0. The average molecular weight is 483 g/mol. The maximum atomic E-state index is 13.7. The summed E-state index contributed by atoms with van der Waals surface area (Å²) in [5, 5.41) is 1.75. The van der Waals surface area contributed by atoms with Crippen molar-refractivity contribution in [2.75, 3.05) is 18.6 Å². The van der Waals surface area contributed by atoms with Gasteiger partial charge in [-0.15, -0.1) is 0 Å². The minimum Gasteiger partial charge on any atom is -0.494 e. The summed E-state index contributed by atoms with van der Waals surface area (Å²) < 4.78 is 23.3. The summed E-state index contributed by atoms with van der Waals surface area (Å²) in [6, 6.07) is 14.3. The second-order valence-corrected chi connectivity index (χ2v) is 8.50. The molecule has 0 radical (unpaired) electrons. The molecule has 33 heavy (non-hydrogen) atoms. The molecule has 0 aliphatic heterocycles. The number of aromatic nitrogens is 1. The van der Waals surface area contributed by atoms with Gasteiger partial charge < -0.3 is 18.3 Å². The number of thiazole rings is 1. The van der Waals surface area contributed by atoms with Crippen molar-refractivity contribution in [1.82, 2.24) is 4.98 Å². The monoisotopic (exact) mass is 482 g/mol. The molecule has 0 fully saturated rings. The number of carbonyl (C=O) groups excluding carboxylic acids is 1. The van der Waals surface area contributed by atoms with E-state index in [2.05, 4.69) is 4.98 Å². The lowest BCUT2D eigenvalue weighted by atomic mass is 10.2. The van der Waals surface area contributed by atoms with Gasteiger partial charge in [-0.1, -0.05) is 35.1 Å². The Hall–Kier alpha value is -3.49. The number of halogens is 1. The van der Waals surface area contributed by atoms with Crippen molar-refractivity contribution in [3.05, 3.63) is 71.3 Å². The van der Waals surface area contributed by atoms with E-state index < -0.39 is 0 Å². The van der Waals surface area contributed by atoms with Crippen LogP contribution in [0.5, 0.6) is 11.5 Å². The van der Waals surface area contributed by atoms with Gasteiger partial charge in [0.2, 0.25) is 0 Å². The summed E-state index contributed by atoms with van der Waals surface area (Å²) in [4.78, 5) is 19.9. The number of carbonyl (C=O) groups is 1. The number of rotatable bonds is 7. The van der Waals surface area contributed by atoms with E-state index in [0.717, 1.165) is 10.1 Å². The largest absolute Gasteiger partial charge is 0.494 e. The Morgan fingerprint density at radius 2 is 2.06 bits per heavy atom. The smallest absolute Gasteiger partial charge is 0.296 e. The number of furan rings is 2. The van der Waals surface area contributed by atoms with Crippen LogP contribution in [0, 0.1) is 0 Å². The highest BCUT2D eigenvalue weighted by Crippen LogP contribution is 2.40. The van der Waals surface area contributed by atoms with E-state index in [0.29, 0.717) is 45.1 Å². The van der Waals surface area contributed by atoms with Crippen LogP contribution in [0.3, 0.4) is 0 Å². The molecule has 0 unspecified atom stereocenters. The molecule has 7 nitrogen and oxygen atoms in total. The fourth-order valence-corrected chi connectivity index (χ4v) is 4.80. The predicted molar refractivity (Wildman–Crippen MR) is 128 cm³/mol. The molecule has 2 aromatic carbocycles. The normalized spacial score (nSPS) is 11.2. The van der Waals surface area contributed by atoms with Crippen LogP contribution in [-0.4, -0.2) is 24.6 Å². The van der Waals surface area contributed by atoms with Gasteiger partial charge in [-0.3, -0.25) is 9.69 Å². The van der Waals surface area contributed by atoms with Crippen LogP contribution in [0.15, 0.2) is 63.6 Å². The van der Waals surface area contributed by atoms with E-state index in [4.69, 9.17) is 29.9 Å². The topological polar surface area (TPSA) is 77.9 Å². The van der Waals surface area contributed by atoms with Gasteiger partial charge in [0, 0.05) is 5.39 Å². The van der Waals surface area contributed by atoms with E-state index in [-0.39, 0.29) is 18.2 Å². The third kappa shape index (κ3) is 3.92. The van der Waals surface area contributed by atoms with Crippen molar-refractivity contribution >= 4 is 55.2 Å². The van der Waals surface area contributed by atoms with Gasteiger partial charge in [0.25, 0.3) is 5.91 Å². The Morgan fingerprint density at radius 1 is 1.18 bits per heavy atom. The fraction of sp³-hybridized carbons (Fsp3) is 0.167. The first-order chi connectivity index (χ1) is 16.1. The molecule has 0 aliphatic carbocycles. The van der Waals surface area contributed by atoms with Gasteiger partial charge in [0.15, 0.2) is 22.2 Å². The van der Waals surface area contributed by atoms with Crippen molar-refractivity contribution in [2.24, 2.45) is 0 Å². The Morgan fingerprint density at radius 3 is 2.82 bits per heavy atom. The molecule has 0 saturated carbocycles. The third-order valence-electron chi connectivity index (χ3n) is 5.06. The molecule has 0 atom stereocenters. The summed E-state index contributed by atoms with van der Waals surface area (Å²) in [5.41, 5.74) is 1.11. The van der Waals surface area contributed by atoms with E-state index >= 15 is 0 Å². The highest BCUT2D eigenvalue weighted by Gasteiger charge is 2.27. The fourth-order valence-electron chi connectivity index (χ4n) is 3.55. The number of hydrogen-bond acceptors (Lipinski definition) is 7. The van der Waals surface area contributed by atoms with Crippen LogP contribution in [0.4, 0.5) is 5.13 Å². The highest BCUT2D eigenvalue weighted by atomic mass is 35.5. The van der Waals surface area contributed by atoms with Crippen LogP contribution in [0.2, 0.25) is 5.02 Å². The third-order valence-corrected chi connectivity index (χ3v) is 6.59. The SMILES string of the molecule is CCOc1cccc2cc(C(=O)N(Cc3ccco3)c3nc4c(OC)ccc(Cl)c4s3)oc12. The Balaban J connectivity index is 1.61. The highest BCUT2D eigenvalue weighted by molar-refractivity contribution is 7.23. The van der Waals surface area contributed by atoms with Gasteiger partial charge in [0.05, 0.1) is 36.2 Å². The molecule has 9 heteroatoms. The summed E-state index contributed by atoms with van der Waals surface area (Å²) in [5.74, 6) is 1.57. The second-order valence-electron chi connectivity index (χ2n) is 7.11. The predicted octanol–water partition coefficient (Wildman–Crippen LogP) is 6.54. The van der Waals surface area contributed by atoms with Crippen LogP contribution < -0.4 is 14.4 Å². The molecular formula is C24H19ClN2O5S. The molecule has 5 aromatic rings. The Bertz CT molecular complexity index is 1440. The zero-order valence-electron chi connectivity index (χ0n) is 17.8. The number of amides is 1. The van der Waals surface area contributed by atoms with Gasteiger partial charge in [-0.2, -0.15) is 0 Å². The summed E-state index contributed by atoms with van der Waals surface area (Å²) in [6.07, 6.45) is 1.56. The lowest BCUT2D eigenvalue weighted by molar-refractivity contribution is 0.0958. The molecular weight excluding hydrogens is 464 g/mol. The van der Waals surface area contributed by atoms with Crippen molar-refractivity contribution in [2.45, 2.75) is 13.5 Å². The average Bonchev–Trinajstić information content (AvgIpc) is 3.57. The van der Waals surface area contributed by atoms with Crippen LogP contribution in [0.25, 0.3) is 21.2 Å². The van der Waals surface area contributed by atoms with Gasteiger partial charge in [-0.25, -0.2) is 4.98 Å². The quantitative estimate of drug-likeness (QED) is 0.262. The summed E-state index contributed by atoms with van der Waals surface area (Å²) in [6.45, 7) is 2.55. The maximum Gasteiger partial charge on any atom is 0.296 e. The molecule has 0 saturated heterocycles. The standard InChI is InChI=1S/C24H19ClN2O5S/c1-3-30-18-8-4-6-14-12-19(32-21(14)18)23(28)27(13-15-7-5-11-31-15)24-26-20-17(29-2)10-9-16(25)22(20)33-24/h4-12H,3,13H2,1-2H3. The molecule has 1 amide bonds. The Labute approximate surface area is 198 Å². The number of fused-ring (bicyclic) bond motifs is 2. The van der Waals surface area contributed by atoms with Gasteiger partial charge in [0.1, 0.15) is 17.0 Å². The number of para-hydroxylation sites is 1. The summed E-state index contributed by atoms with van der Waals surface area (Å²) >= 11 is 7.70. The van der Waals surface area contributed by atoms with E-state index in [1.54, 1.807) is 43.7 Å². The lowest BCUT2D eigenvalue weighted by Gasteiger charge is -2.17. The van der Waals surface area contributed by atoms with Gasteiger partial charge >= 0.3 is 0 Å². The van der Waals surface area contributed by atoms with Crippen molar-refractivity contribution < 1.29 is 23.1 Å². The first-order valence-corrected chi connectivity index (χ1v) is 11.4. The first kappa shape index (κ1) is 21.4. The number of benzene rings is 2. The number of anilines is 1. The zero-order valence-corrected chi connectivity index (χ0v) is 19.4. The minimum atomic E-state index is -0.362. The minimum absolute atomic E-state index is 0.168. The van der Waals surface area contributed by atoms with Crippen LogP contribution >= 0.6 is 22.9 Å². The van der Waals surface area contributed by atoms with Crippen LogP contribution in [0.1, 0.15) is 23.2 Å². The second kappa shape index (κ2) is 8.80. The molecule has 3 aromatic heterocycles.